The molecule has 6 heteroatoms. The van der Waals surface area contributed by atoms with Gasteiger partial charge in [0.25, 0.3) is 0 Å². The summed E-state index contributed by atoms with van der Waals surface area (Å²) in [6.45, 7) is 5.29. The van der Waals surface area contributed by atoms with Crippen LogP contribution < -0.4 is 9.47 Å². The van der Waals surface area contributed by atoms with Crippen LogP contribution in [-0.2, 0) is 35.5 Å². The molecule has 0 fully saturated rings. The number of hydrogen-bond donors (Lipinski definition) is 0. The van der Waals surface area contributed by atoms with Crippen molar-refractivity contribution in [1.29, 1.82) is 0 Å². The summed E-state index contributed by atoms with van der Waals surface area (Å²) in [5.74, 6) is 0.629. The van der Waals surface area contributed by atoms with Gasteiger partial charge in [-0.3, -0.25) is 0 Å². The first kappa shape index (κ1) is 43.2. The Morgan fingerprint density at radius 2 is 0.855 bits per heavy atom. The predicted octanol–water partition coefficient (Wildman–Crippen LogP) is 13.1. The molecule has 0 saturated carbocycles. The molecular weight excluding hydrogens is 685 g/mol. The minimum Gasteiger partial charge on any atom is -0.489 e. The SMILES string of the molecule is CCCCCCCCCCCCCc1ccc(CCCCCC)c(-c2cc(COc3ccc(C(=O)OC)cc3)ccc2COc2ccc(C(=O)OC)cc2)c1. The minimum atomic E-state index is -0.371. The van der Waals surface area contributed by atoms with Crippen molar-refractivity contribution in [1.82, 2.24) is 0 Å². The van der Waals surface area contributed by atoms with Gasteiger partial charge in [0.2, 0.25) is 0 Å². The quantitative estimate of drug-likeness (QED) is 0.0470. The van der Waals surface area contributed by atoms with Gasteiger partial charge in [0.1, 0.15) is 24.7 Å². The van der Waals surface area contributed by atoms with Gasteiger partial charge in [-0.2, -0.15) is 0 Å². The molecule has 0 atom stereocenters. The number of carbonyl (C=O) groups excluding carboxylic acids is 2. The molecule has 0 N–H and O–H groups in total. The van der Waals surface area contributed by atoms with E-state index in [1.807, 2.05) is 12.1 Å². The second-order valence-corrected chi connectivity index (χ2v) is 14.7. The number of aryl methyl sites for hydroxylation is 2. The molecule has 0 aliphatic rings. The summed E-state index contributed by atoms with van der Waals surface area (Å²) >= 11 is 0. The molecule has 4 aromatic rings. The minimum absolute atomic E-state index is 0.370. The van der Waals surface area contributed by atoms with E-state index in [1.165, 1.54) is 121 Å². The van der Waals surface area contributed by atoms with Gasteiger partial charge in [0.15, 0.2) is 0 Å². The van der Waals surface area contributed by atoms with E-state index in [1.54, 1.807) is 36.4 Å². The van der Waals surface area contributed by atoms with Gasteiger partial charge in [-0.25, -0.2) is 9.59 Å². The highest BCUT2D eigenvalue weighted by atomic mass is 16.5. The number of methoxy groups -OCH3 is 2. The predicted molar refractivity (Wildman–Crippen MR) is 224 cm³/mol. The lowest BCUT2D eigenvalue weighted by Crippen LogP contribution is -2.04. The van der Waals surface area contributed by atoms with Crippen molar-refractivity contribution in [3.8, 4) is 22.6 Å². The molecule has 0 heterocycles. The fourth-order valence-electron chi connectivity index (χ4n) is 7.01. The molecule has 0 bridgehead atoms. The highest BCUT2D eigenvalue weighted by Crippen LogP contribution is 2.33. The summed E-state index contributed by atoms with van der Waals surface area (Å²) in [6, 6.07) is 27.7. The van der Waals surface area contributed by atoms with Gasteiger partial charge in [-0.05, 0) is 114 Å². The zero-order valence-electron chi connectivity index (χ0n) is 34.0. The molecule has 0 unspecified atom stereocenters. The Morgan fingerprint density at radius 1 is 0.436 bits per heavy atom. The summed E-state index contributed by atoms with van der Waals surface area (Å²) in [7, 11) is 2.76. The maximum absolute atomic E-state index is 12.0. The van der Waals surface area contributed by atoms with E-state index in [0.717, 1.165) is 36.0 Å². The van der Waals surface area contributed by atoms with Crippen molar-refractivity contribution in [2.45, 2.75) is 136 Å². The fraction of sp³-hybridized carbons (Fsp3) is 0.469. The van der Waals surface area contributed by atoms with Crippen molar-refractivity contribution in [3.63, 3.8) is 0 Å². The Balaban J connectivity index is 1.54. The van der Waals surface area contributed by atoms with E-state index in [-0.39, 0.29) is 11.9 Å². The molecular formula is C49H64O6. The lowest BCUT2D eigenvalue weighted by Gasteiger charge is -2.18. The molecule has 296 valence electrons. The highest BCUT2D eigenvalue weighted by Gasteiger charge is 2.15. The Labute approximate surface area is 331 Å². The van der Waals surface area contributed by atoms with E-state index >= 15 is 0 Å². The number of rotatable bonds is 26. The zero-order chi connectivity index (χ0) is 39.1. The Morgan fingerprint density at radius 3 is 1.40 bits per heavy atom. The molecule has 0 saturated heterocycles. The molecule has 55 heavy (non-hydrogen) atoms. The first-order valence-electron chi connectivity index (χ1n) is 20.8. The van der Waals surface area contributed by atoms with Gasteiger partial charge in [-0.15, -0.1) is 0 Å². The maximum Gasteiger partial charge on any atom is 0.337 e. The summed E-state index contributed by atoms with van der Waals surface area (Å²) in [5.41, 5.74) is 8.26. The van der Waals surface area contributed by atoms with E-state index < -0.39 is 0 Å². The van der Waals surface area contributed by atoms with Gasteiger partial charge in [0.05, 0.1) is 25.3 Å². The van der Waals surface area contributed by atoms with Crippen LogP contribution in [0.15, 0.2) is 84.9 Å². The number of ether oxygens (including phenoxy) is 4. The number of carbonyl (C=O) groups is 2. The molecule has 0 spiro atoms. The maximum atomic E-state index is 12.0. The summed E-state index contributed by atoms with van der Waals surface area (Å²) < 4.78 is 22.3. The van der Waals surface area contributed by atoms with Gasteiger partial charge < -0.3 is 18.9 Å². The third-order valence-electron chi connectivity index (χ3n) is 10.4. The van der Waals surface area contributed by atoms with E-state index in [9.17, 15) is 9.59 Å². The lowest BCUT2D eigenvalue weighted by molar-refractivity contribution is 0.0591. The average Bonchev–Trinajstić information content (AvgIpc) is 3.23. The van der Waals surface area contributed by atoms with Gasteiger partial charge in [-0.1, -0.05) is 128 Å². The van der Waals surface area contributed by atoms with Crippen molar-refractivity contribution in [2.24, 2.45) is 0 Å². The summed E-state index contributed by atoms with van der Waals surface area (Å²) in [6.07, 6.45) is 21.6. The second-order valence-electron chi connectivity index (χ2n) is 14.7. The molecule has 0 aromatic heterocycles. The van der Waals surface area contributed by atoms with Crippen LogP contribution in [0.2, 0.25) is 0 Å². The van der Waals surface area contributed by atoms with E-state index in [0.29, 0.717) is 35.8 Å². The van der Waals surface area contributed by atoms with Crippen molar-refractivity contribution in [3.05, 3.63) is 118 Å². The Bertz CT molecular complexity index is 1710. The molecule has 4 aromatic carbocycles. The second kappa shape index (κ2) is 24.8. The molecule has 4 rings (SSSR count). The van der Waals surface area contributed by atoms with Crippen LogP contribution in [-0.4, -0.2) is 26.2 Å². The van der Waals surface area contributed by atoms with Gasteiger partial charge in [0, 0.05) is 0 Å². The topological polar surface area (TPSA) is 71.1 Å². The first-order chi connectivity index (χ1) is 26.9. The standard InChI is InChI=1S/C49H64O6/c1-5-7-9-11-12-13-14-15-16-17-18-20-38-22-24-40(21-19-10-8-6-2)46(34-38)47-35-39(36-54-44-30-26-41(27-31-44)48(50)52-3)23-25-43(47)37-55-45-32-28-42(29-33-45)49(51)53-4/h22-35H,5-21,36-37H2,1-4H3. The normalized spacial score (nSPS) is 11.0. The van der Waals surface area contributed by atoms with Crippen LogP contribution in [0.5, 0.6) is 11.5 Å². The average molecular weight is 749 g/mol. The van der Waals surface area contributed by atoms with Gasteiger partial charge >= 0.3 is 11.9 Å². The molecule has 0 amide bonds. The van der Waals surface area contributed by atoms with Crippen LogP contribution in [0, 0.1) is 0 Å². The monoisotopic (exact) mass is 748 g/mol. The zero-order valence-corrected chi connectivity index (χ0v) is 34.0. The van der Waals surface area contributed by atoms with Crippen LogP contribution >= 0.6 is 0 Å². The molecule has 0 aliphatic heterocycles. The molecule has 0 radical (unpaired) electrons. The Hall–Kier alpha value is -4.58. The van der Waals surface area contributed by atoms with Crippen LogP contribution in [0.4, 0.5) is 0 Å². The van der Waals surface area contributed by atoms with Crippen molar-refractivity contribution >= 4 is 11.9 Å². The van der Waals surface area contributed by atoms with E-state index in [4.69, 9.17) is 18.9 Å². The Kier molecular flexibility index (Phi) is 19.4. The summed E-state index contributed by atoms with van der Waals surface area (Å²) in [4.78, 5) is 23.9. The number of esters is 2. The van der Waals surface area contributed by atoms with E-state index in [2.05, 4.69) is 50.2 Å². The lowest BCUT2D eigenvalue weighted by atomic mass is 9.89. The smallest absolute Gasteiger partial charge is 0.337 e. The number of hydrogen-bond acceptors (Lipinski definition) is 6. The molecule has 6 nitrogen and oxygen atoms in total. The summed E-state index contributed by atoms with van der Waals surface area (Å²) in [5, 5.41) is 0. The number of benzene rings is 4. The van der Waals surface area contributed by atoms with Crippen molar-refractivity contribution < 1.29 is 28.5 Å². The van der Waals surface area contributed by atoms with Crippen LogP contribution in [0.3, 0.4) is 0 Å². The highest BCUT2D eigenvalue weighted by molar-refractivity contribution is 5.89. The number of unbranched alkanes of at least 4 members (excludes halogenated alkanes) is 13. The van der Waals surface area contributed by atoms with Crippen LogP contribution in [0.25, 0.3) is 11.1 Å². The largest absolute Gasteiger partial charge is 0.489 e. The third-order valence-corrected chi connectivity index (χ3v) is 10.4. The third kappa shape index (κ3) is 14.9. The van der Waals surface area contributed by atoms with Crippen LogP contribution in [0.1, 0.15) is 153 Å². The molecule has 0 aliphatic carbocycles. The van der Waals surface area contributed by atoms with Crippen molar-refractivity contribution in [2.75, 3.05) is 14.2 Å². The fourth-order valence-corrected chi connectivity index (χ4v) is 7.01. The first-order valence-corrected chi connectivity index (χ1v) is 20.8.